The lowest BCUT2D eigenvalue weighted by Crippen LogP contribution is -2.07. The first kappa shape index (κ1) is 12.6. The maximum Gasteiger partial charge on any atom is 0.147 e. The first-order chi connectivity index (χ1) is 8.75. The summed E-state index contributed by atoms with van der Waals surface area (Å²) in [4.78, 5) is 8.73. The molecule has 0 saturated heterocycles. The highest BCUT2D eigenvalue weighted by Crippen LogP contribution is 2.09. The van der Waals surface area contributed by atoms with Crippen molar-refractivity contribution in [2.75, 3.05) is 11.9 Å². The van der Waals surface area contributed by atoms with E-state index in [0.717, 1.165) is 36.6 Å². The molecule has 3 heteroatoms. The van der Waals surface area contributed by atoms with Crippen LogP contribution < -0.4 is 5.32 Å². The van der Waals surface area contributed by atoms with Crippen LogP contribution in [0.5, 0.6) is 0 Å². The average Bonchev–Trinajstić information content (AvgIpc) is 2.40. The molecule has 94 valence electrons. The minimum Gasteiger partial charge on any atom is -0.369 e. The standard InChI is InChI=1S/C15H19N3/c1-12-11-17-13(2)15(18-12)16-10-6-9-14-7-4-3-5-8-14/h3-5,7-8,11H,6,9-10H2,1-2H3,(H,16,18). The minimum absolute atomic E-state index is 0.906. The van der Waals surface area contributed by atoms with Gasteiger partial charge in [0.25, 0.3) is 0 Å². The van der Waals surface area contributed by atoms with Crippen LogP contribution in [0.1, 0.15) is 23.4 Å². The smallest absolute Gasteiger partial charge is 0.147 e. The van der Waals surface area contributed by atoms with Crippen LogP contribution in [0.25, 0.3) is 0 Å². The van der Waals surface area contributed by atoms with E-state index >= 15 is 0 Å². The van der Waals surface area contributed by atoms with Gasteiger partial charge in [-0.05, 0) is 32.3 Å². The predicted molar refractivity (Wildman–Crippen MR) is 74.8 cm³/mol. The number of nitrogens with one attached hydrogen (secondary N) is 1. The highest BCUT2D eigenvalue weighted by atomic mass is 15.0. The summed E-state index contributed by atoms with van der Waals surface area (Å²) in [5.74, 6) is 0.906. The molecule has 0 aliphatic rings. The van der Waals surface area contributed by atoms with Gasteiger partial charge in [-0.25, -0.2) is 4.98 Å². The van der Waals surface area contributed by atoms with Gasteiger partial charge < -0.3 is 5.32 Å². The zero-order valence-electron chi connectivity index (χ0n) is 11.0. The third kappa shape index (κ3) is 3.55. The molecule has 0 fully saturated rings. The van der Waals surface area contributed by atoms with Crippen molar-refractivity contribution in [3.63, 3.8) is 0 Å². The molecule has 0 radical (unpaired) electrons. The van der Waals surface area contributed by atoms with Gasteiger partial charge in [0.2, 0.25) is 0 Å². The molecule has 1 N–H and O–H groups in total. The Morgan fingerprint density at radius 2 is 1.89 bits per heavy atom. The quantitative estimate of drug-likeness (QED) is 0.817. The molecule has 18 heavy (non-hydrogen) atoms. The Morgan fingerprint density at radius 3 is 2.67 bits per heavy atom. The number of aryl methyl sites for hydroxylation is 3. The number of rotatable bonds is 5. The van der Waals surface area contributed by atoms with Gasteiger partial charge in [0.15, 0.2) is 0 Å². The molecule has 0 bridgehead atoms. The number of hydrogen-bond acceptors (Lipinski definition) is 3. The average molecular weight is 241 g/mol. The van der Waals surface area contributed by atoms with Gasteiger partial charge in [0, 0.05) is 12.7 Å². The molecular formula is C15H19N3. The third-order valence-corrected chi connectivity index (χ3v) is 2.85. The van der Waals surface area contributed by atoms with Gasteiger partial charge >= 0.3 is 0 Å². The molecule has 0 saturated carbocycles. The molecule has 0 aliphatic carbocycles. The van der Waals surface area contributed by atoms with Gasteiger partial charge in [-0.3, -0.25) is 4.98 Å². The van der Waals surface area contributed by atoms with Crippen molar-refractivity contribution in [2.45, 2.75) is 26.7 Å². The van der Waals surface area contributed by atoms with E-state index < -0.39 is 0 Å². The molecule has 2 aromatic rings. The summed E-state index contributed by atoms with van der Waals surface area (Å²) >= 11 is 0. The second-order valence-electron chi connectivity index (χ2n) is 4.46. The van der Waals surface area contributed by atoms with Crippen LogP contribution in [-0.2, 0) is 6.42 Å². The molecule has 0 amide bonds. The Labute approximate surface area is 108 Å². The SMILES string of the molecule is Cc1cnc(C)c(NCCCc2ccccc2)n1. The Morgan fingerprint density at radius 1 is 1.11 bits per heavy atom. The second-order valence-corrected chi connectivity index (χ2v) is 4.46. The number of benzene rings is 1. The van der Waals surface area contributed by atoms with Crippen molar-refractivity contribution >= 4 is 5.82 Å². The fourth-order valence-corrected chi connectivity index (χ4v) is 1.85. The summed E-state index contributed by atoms with van der Waals surface area (Å²) in [6.07, 6.45) is 3.98. The monoisotopic (exact) mass is 241 g/mol. The van der Waals surface area contributed by atoms with Crippen molar-refractivity contribution < 1.29 is 0 Å². The summed E-state index contributed by atoms with van der Waals surface area (Å²) in [6, 6.07) is 10.5. The van der Waals surface area contributed by atoms with Crippen LogP contribution in [0.15, 0.2) is 36.5 Å². The first-order valence-corrected chi connectivity index (χ1v) is 6.34. The number of anilines is 1. The normalized spacial score (nSPS) is 10.3. The van der Waals surface area contributed by atoms with Crippen molar-refractivity contribution in [3.05, 3.63) is 53.5 Å². The summed E-state index contributed by atoms with van der Waals surface area (Å²) in [5, 5.41) is 3.35. The van der Waals surface area contributed by atoms with Gasteiger partial charge in [0.05, 0.1) is 11.4 Å². The van der Waals surface area contributed by atoms with Gasteiger partial charge in [-0.2, -0.15) is 0 Å². The number of nitrogens with zero attached hydrogens (tertiary/aromatic N) is 2. The lowest BCUT2D eigenvalue weighted by molar-refractivity contribution is 0.854. The van der Waals surface area contributed by atoms with E-state index in [9.17, 15) is 0 Å². The molecule has 2 rings (SSSR count). The van der Waals surface area contributed by atoms with Crippen LogP contribution >= 0.6 is 0 Å². The third-order valence-electron chi connectivity index (χ3n) is 2.85. The molecule has 1 aromatic heterocycles. The predicted octanol–water partition coefficient (Wildman–Crippen LogP) is 3.14. The number of hydrogen-bond donors (Lipinski definition) is 1. The van der Waals surface area contributed by atoms with Gasteiger partial charge in [0.1, 0.15) is 5.82 Å². The van der Waals surface area contributed by atoms with E-state index in [0.29, 0.717) is 0 Å². The fraction of sp³-hybridized carbons (Fsp3) is 0.333. The molecule has 0 aliphatic heterocycles. The Balaban J connectivity index is 1.80. The van der Waals surface area contributed by atoms with E-state index in [-0.39, 0.29) is 0 Å². The molecule has 1 aromatic carbocycles. The zero-order valence-corrected chi connectivity index (χ0v) is 11.0. The van der Waals surface area contributed by atoms with Crippen LogP contribution in [0, 0.1) is 13.8 Å². The number of aromatic nitrogens is 2. The second kappa shape index (κ2) is 6.15. The Kier molecular flexibility index (Phi) is 4.29. The van der Waals surface area contributed by atoms with Crippen LogP contribution in [0.3, 0.4) is 0 Å². The molecular weight excluding hydrogens is 222 g/mol. The van der Waals surface area contributed by atoms with Gasteiger partial charge in [-0.1, -0.05) is 30.3 Å². The lowest BCUT2D eigenvalue weighted by Gasteiger charge is -2.08. The zero-order chi connectivity index (χ0) is 12.8. The van der Waals surface area contributed by atoms with Crippen molar-refractivity contribution in [1.82, 2.24) is 9.97 Å². The molecule has 1 heterocycles. The Bertz CT molecular complexity index is 494. The summed E-state index contributed by atoms with van der Waals surface area (Å²) < 4.78 is 0. The summed E-state index contributed by atoms with van der Waals surface area (Å²) in [5.41, 5.74) is 3.29. The summed E-state index contributed by atoms with van der Waals surface area (Å²) in [7, 11) is 0. The van der Waals surface area contributed by atoms with Crippen molar-refractivity contribution in [1.29, 1.82) is 0 Å². The largest absolute Gasteiger partial charge is 0.369 e. The van der Waals surface area contributed by atoms with E-state index in [1.807, 2.05) is 19.9 Å². The van der Waals surface area contributed by atoms with Crippen LogP contribution in [0.2, 0.25) is 0 Å². The van der Waals surface area contributed by atoms with E-state index in [1.165, 1.54) is 5.56 Å². The van der Waals surface area contributed by atoms with Crippen molar-refractivity contribution in [2.24, 2.45) is 0 Å². The van der Waals surface area contributed by atoms with E-state index in [4.69, 9.17) is 0 Å². The van der Waals surface area contributed by atoms with Crippen molar-refractivity contribution in [3.8, 4) is 0 Å². The Hall–Kier alpha value is -1.90. The highest BCUT2D eigenvalue weighted by molar-refractivity contribution is 5.39. The maximum absolute atomic E-state index is 4.44. The summed E-state index contributed by atoms with van der Waals surface area (Å²) in [6.45, 7) is 4.86. The molecule has 3 nitrogen and oxygen atoms in total. The lowest BCUT2D eigenvalue weighted by atomic mass is 10.1. The fourth-order valence-electron chi connectivity index (χ4n) is 1.85. The van der Waals surface area contributed by atoms with Crippen LogP contribution in [0.4, 0.5) is 5.82 Å². The topological polar surface area (TPSA) is 37.8 Å². The maximum atomic E-state index is 4.44. The molecule has 0 atom stereocenters. The molecule has 0 unspecified atom stereocenters. The molecule has 0 spiro atoms. The first-order valence-electron chi connectivity index (χ1n) is 6.34. The van der Waals surface area contributed by atoms with E-state index in [1.54, 1.807) is 6.20 Å². The van der Waals surface area contributed by atoms with Gasteiger partial charge in [-0.15, -0.1) is 0 Å². The highest BCUT2D eigenvalue weighted by Gasteiger charge is 2.00. The van der Waals surface area contributed by atoms with Crippen LogP contribution in [-0.4, -0.2) is 16.5 Å². The van der Waals surface area contributed by atoms with E-state index in [2.05, 4.69) is 39.6 Å². The minimum atomic E-state index is 0.906.